The van der Waals surface area contributed by atoms with Crippen LogP contribution in [0.15, 0.2) is 53.6 Å². The number of anilines is 2. The summed E-state index contributed by atoms with van der Waals surface area (Å²) in [6, 6.07) is 10.6. The number of amides is 4. The molecule has 0 aliphatic heterocycles. The monoisotopic (exact) mass is 394 g/mol. The third-order valence-corrected chi connectivity index (χ3v) is 3.94. The van der Waals surface area contributed by atoms with Gasteiger partial charge in [-0.15, -0.1) is 0 Å². The molecule has 29 heavy (non-hydrogen) atoms. The molecule has 3 rings (SSSR count). The topological polar surface area (TPSA) is 159 Å². The Kier molecular flexibility index (Phi) is 5.83. The van der Waals surface area contributed by atoms with Gasteiger partial charge in [0.1, 0.15) is 0 Å². The molecule has 148 valence electrons. The van der Waals surface area contributed by atoms with Gasteiger partial charge in [-0.25, -0.2) is 9.78 Å². The number of nitrogens with one attached hydrogen (secondary N) is 4. The maximum absolute atomic E-state index is 12.5. The number of hydrogen-bond donors (Lipinski definition) is 5. The van der Waals surface area contributed by atoms with Gasteiger partial charge in [0, 0.05) is 29.9 Å². The Morgan fingerprint density at radius 1 is 1.03 bits per heavy atom. The molecular weight excluding hydrogens is 376 g/mol. The summed E-state index contributed by atoms with van der Waals surface area (Å²) in [5.41, 5.74) is 6.38. The first-order valence-electron chi connectivity index (χ1n) is 8.64. The number of carbonyl (C=O) groups excluding carboxylic acids is 3. The minimum absolute atomic E-state index is 0.0377. The lowest BCUT2D eigenvalue weighted by Crippen LogP contribution is -2.31. The van der Waals surface area contributed by atoms with Gasteiger partial charge in [0.15, 0.2) is 0 Å². The lowest BCUT2D eigenvalue weighted by molar-refractivity contribution is -0.117. The third-order valence-electron chi connectivity index (χ3n) is 3.94. The van der Waals surface area contributed by atoms with E-state index in [1.807, 2.05) is 0 Å². The Bertz CT molecular complexity index is 1140. The molecule has 6 N–H and O–H groups in total. The van der Waals surface area contributed by atoms with Gasteiger partial charge < -0.3 is 26.7 Å². The van der Waals surface area contributed by atoms with E-state index in [0.29, 0.717) is 27.8 Å². The van der Waals surface area contributed by atoms with Crippen LogP contribution in [0.2, 0.25) is 0 Å². The second-order valence-electron chi connectivity index (χ2n) is 6.10. The highest BCUT2D eigenvalue weighted by Gasteiger charge is 2.10. The fraction of sp³-hybridized carbons (Fsp3) is 0.105. The number of benzene rings is 2. The van der Waals surface area contributed by atoms with Crippen molar-refractivity contribution in [2.45, 2.75) is 6.42 Å². The van der Waals surface area contributed by atoms with Crippen molar-refractivity contribution >= 4 is 40.1 Å². The fourth-order valence-corrected chi connectivity index (χ4v) is 2.56. The number of aromatic amines is 1. The molecule has 1 aromatic heterocycles. The maximum atomic E-state index is 12.5. The number of carbonyl (C=O) groups is 3. The van der Waals surface area contributed by atoms with Gasteiger partial charge in [-0.3, -0.25) is 14.4 Å². The molecule has 0 radical (unpaired) electrons. The van der Waals surface area contributed by atoms with Crippen LogP contribution in [0.4, 0.5) is 16.2 Å². The van der Waals surface area contributed by atoms with Gasteiger partial charge in [0.25, 0.3) is 11.5 Å². The summed E-state index contributed by atoms with van der Waals surface area (Å²) in [6.07, 6.45) is 1.31. The van der Waals surface area contributed by atoms with E-state index in [-0.39, 0.29) is 18.5 Å². The van der Waals surface area contributed by atoms with Crippen LogP contribution in [-0.2, 0) is 4.79 Å². The zero-order valence-electron chi connectivity index (χ0n) is 15.2. The van der Waals surface area contributed by atoms with Crippen molar-refractivity contribution in [3.05, 3.63) is 64.7 Å². The average Bonchev–Trinajstić information content (AvgIpc) is 2.68. The van der Waals surface area contributed by atoms with Gasteiger partial charge in [0.2, 0.25) is 5.91 Å². The Balaban J connectivity index is 1.66. The van der Waals surface area contributed by atoms with Gasteiger partial charge in [-0.1, -0.05) is 6.07 Å². The highest BCUT2D eigenvalue weighted by atomic mass is 16.2. The summed E-state index contributed by atoms with van der Waals surface area (Å²) in [5.74, 6) is -0.902. The quantitative estimate of drug-likeness (QED) is 0.424. The Hall–Kier alpha value is -4.21. The van der Waals surface area contributed by atoms with Crippen LogP contribution in [0.25, 0.3) is 10.9 Å². The van der Waals surface area contributed by atoms with Crippen LogP contribution in [0.1, 0.15) is 16.8 Å². The number of fused-ring (bicyclic) bond motifs is 1. The van der Waals surface area contributed by atoms with Crippen LogP contribution in [0.5, 0.6) is 0 Å². The van der Waals surface area contributed by atoms with Crippen LogP contribution in [0.3, 0.4) is 0 Å². The minimum Gasteiger partial charge on any atom is -0.370 e. The SMILES string of the molecule is NC(=O)CCNC(=O)Nc1cccc(NC(=O)c2ccc3c(=O)[nH]cnc3c2)c1. The third kappa shape index (κ3) is 5.16. The smallest absolute Gasteiger partial charge is 0.319 e. The summed E-state index contributed by atoms with van der Waals surface area (Å²) in [5, 5.41) is 8.21. The van der Waals surface area contributed by atoms with Crippen LogP contribution in [0, 0.1) is 0 Å². The predicted molar refractivity (Wildman–Crippen MR) is 108 cm³/mol. The van der Waals surface area contributed by atoms with Crippen molar-refractivity contribution in [1.82, 2.24) is 15.3 Å². The average molecular weight is 394 g/mol. The zero-order valence-corrected chi connectivity index (χ0v) is 15.2. The number of urea groups is 1. The lowest BCUT2D eigenvalue weighted by Gasteiger charge is -2.10. The van der Waals surface area contributed by atoms with Crippen molar-refractivity contribution in [2.24, 2.45) is 5.73 Å². The molecule has 0 aliphatic rings. The minimum atomic E-state index is -0.511. The number of nitrogens with two attached hydrogens (primary N) is 1. The number of rotatable bonds is 6. The first kappa shape index (κ1) is 19.5. The van der Waals surface area contributed by atoms with E-state index in [1.54, 1.807) is 24.3 Å². The van der Waals surface area contributed by atoms with E-state index in [0.717, 1.165) is 0 Å². The van der Waals surface area contributed by atoms with Crippen molar-refractivity contribution < 1.29 is 14.4 Å². The van der Waals surface area contributed by atoms with Gasteiger partial charge >= 0.3 is 6.03 Å². The standard InChI is InChI=1S/C19H18N6O4/c20-16(26)6-7-21-19(29)25-13-3-1-2-12(9-13)24-17(27)11-4-5-14-15(8-11)22-10-23-18(14)28/h1-5,8-10H,6-7H2,(H2,20,26)(H,24,27)(H2,21,25,29)(H,22,23,28). The molecule has 0 saturated heterocycles. The summed E-state index contributed by atoms with van der Waals surface area (Å²) in [7, 11) is 0. The van der Waals surface area contributed by atoms with Gasteiger partial charge in [-0.05, 0) is 36.4 Å². The van der Waals surface area contributed by atoms with E-state index in [1.165, 1.54) is 24.5 Å². The van der Waals surface area contributed by atoms with Gasteiger partial charge in [-0.2, -0.15) is 0 Å². The van der Waals surface area contributed by atoms with E-state index < -0.39 is 17.8 Å². The first-order valence-corrected chi connectivity index (χ1v) is 8.64. The molecule has 2 aromatic carbocycles. The van der Waals surface area contributed by atoms with Crippen molar-refractivity contribution in [3.63, 3.8) is 0 Å². The molecule has 0 saturated carbocycles. The highest BCUT2D eigenvalue weighted by molar-refractivity contribution is 6.06. The van der Waals surface area contributed by atoms with Crippen molar-refractivity contribution in [1.29, 1.82) is 0 Å². The largest absolute Gasteiger partial charge is 0.370 e. The molecular formula is C19H18N6O4. The van der Waals surface area contributed by atoms with E-state index in [9.17, 15) is 19.2 Å². The Labute approximate surface area is 164 Å². The highest BCUT2D eigenvalue weighted by Crippen LogP contribution is 2.17. The van der Waals surface area contributed by atoms with E-state index in [2.05, 4.69) is 25.9 Å². The predicted octanol–water partition coefficient (Wildman–Crippen LogP) is 1.17. The van der Waals surface area contributed by atoms with Crippen LogP contribution < -0.4 is 27.2 Å². The first-order chi connectivity index (χ1) is 13.9. The molecule has 0 unspecified atom stereocenters. The number of nitrogens with zero attached hydrogens (tertiary/aromatic N) is 1. The Morgan fingerprint density at radius 2 is 1.79 bits per heavy atom. The second-order valence-corrected chi connectivity index (χ2v) is 6.10. The van der Waals surface area contributed by atoms with E-state index >= 15 is 0 Å². The molecule has 0 spiro atoms. The summed E-state index contributed by atoms with van der Waals surface area (Å²) >= 11 is 0. The van der Waals surface area contributed by atoms with Crippen molar-refractivity contribution in [2.75, 3.05) is 17.2 Å². The zero-order chi connectivity index (χ0) is 20.8. The summed E-state index contributed by atoms with van der Waals surface area (Å²) in [6.45, 7) is 0.121. The van der Waals surface area contributed by atoms with Gasteiger partial charge in [0.05, 0.1) is 17.2 Å². The molecule has 0 bridgehead atoms. The molecule has 0 fully saturated rings. The molecule has 4 amide bonds. The number of aromatic nitrogens is 2. The van der Waals surface area contributed by atoms with Crippen molar-refractivity contribution in [3.8, 4) is 0 Å². The molecule has 10 heteroatoms. The fourth-order valence-electron chi connectivity index (χ4n) is 2.56. The molecule has 10 nitrogen and oxygen atoms in total. The van der Waals surface area contributed by atoms with Crippen LogP contribution >= 0.6 is 0 Å². The summed E-state index contributed by atoms with van der Waals surface area (Å²) in [4.78, 5) is 53.2. The number of hydrogen-bond acceptors (Lipinski definition) is 5. The molecule has 3 aromatic rings. The Morgan fingerprint density at radius 3 is 2.55 bits per heavy atom. The lowest BCUT2D eigenvalue weighted by atomic mass is 10.1. The normalized spacial score (nSPS) is 10.3. The number of primary amides is 1. The van der Waals surface area contributed by atoms with Crippen LogP contribution in [-0.4, -0.2) is 34.4 Å². The maximum Gasteiger partial charge on any atom is 0.319 e. The second kappa shape index (κ2) is 8.65. The molecule has 0 aliphatic carbocycles. The van der Waals surface area contributed by atoms with E-state index in [4.69, 9.17) is 5.73 Å². The number of H-pyrrole nitrogens is 1. The summed E-state index contributed by atoms with van der Waals surface area (Å²) < 4.78 is 0. The molecule has 0 atom stereocenters. The molecule has 1 heterocycles.